The summed E-state index contributed by atoms with van der Waals surface area (Å²) in [5.41, 5.74) is 1.56. The molecular weight excluding hydrogens is 252 g/mol. The van der Waals surface area contributed by atoms with E-state index < -0.39 is 0 Å². The van der Waals surface area contributed by atoms with Crippen LogP contribution in [0.25, 0.3) is 0 Å². The third kappa shape index (κ3) is 4.17. The Bertz CT molecular complexity index is 469. The lowest BCUT2D eigenvalue weighted by Crippen LogP contribution is -2.30. The van der Waals surface area contributed by atoms with Crippen LogP contribution in [0.3, 0.4) is 0 Å². The Morgan fingerprint density at radius 1 is 1.30 bits per heavy atom. The molecular formula is C16H22N2O2. The van der Waals surface area contributed by atoms with Crippen LogP contribution in [0.5, 0.6) is 0 Å². The van der Waals surface area contributed by atoms with Crippen LogP contribution < -0.4 is 0 Å². The second-order valence-electron chi connectivity index (χ2n) is 5.53. The molecule has 1 unspecified atom stereocenters. The molecule has 2 rings (SSSR count). The zero-order valence-corrected chi connectivity index (χ0v) is 12.2. The van der Waals surface area contributed by atoms with Crippen LogP contribution in [-0.2, 0) is 4.84 Å². The van der Waals surface area contributed by atoms with Crippen molar-refractivity contribution in [1.82, 2.24) is 4.90 Å². The van der Waals surface area contributed by atoms with Crippen LogP contribution in [-0.4, -0.2) is 37.2 Å². The van der Waals surface area contributed by atoms with Crippen molar-refractivity contribution < 1.29 is 9.63 Å². The molecule has 1 atom stereocenters. The molecule has 0 bridgehead atoms. The van der Waals surface area contributed by atoms with Crippen molar-refractivity contribution >= 4 is 11.7 Å². The van der Waals surface area contributed by atoms with Crippen LogP contribution >= 0.6 is 0 Å². The van der Waals surface area contributed by atoms with Gasteiger partial charge in [0.1, 0.15) is 0 Å². The summed E-state index contributed by atoms with van der Waals surface area (Å²) in [4.78, 5) is 19.1. The third-order valence-corrected chi connectivity index (χ3v) is 3.55. The van der Waals surface area contributed by atoms with Gasteiger partial charge in [-0.1, -0.05) is 29.8 Å². The highest BCUT2D eigenvalue weighted by Crippen LogP contribution is 2.22. The van der Waals surface area contributed by atoms with Crippen LogP contribution in [0.4, 0.5) is 0 Å². The second kappa shape index (κ2) is 7.20. The molecule has 1 aliphatic rings. The average molecular weight is 274 g/mol. The maximum Gasteiger partial charge on any atom is 0.365 e. The topological polar surface area (TPSA) is 41.9 Å². The Morgan fingerprint density at radius 3 is 2.75 bits per heavy atom. The Morgan fingerprint density at radius 2 is 2.05 bits per heavy atom. The summed E-state index contributed by atoms with van der Waals surface area (Å²) >= 11 is 0. The van der Waals surface area contributed by atoms with Gasteiger partial charge in [0.05, 0.1) is 11.3 Å². The van der Waals surface area contributed by atoms with Gasteiger partial charge in [0.25, 0.3) is 0 Å². The number of rotatable bonds is 4. The fraction of sp³-hybridized carbons (Fsp3) is 0.500. The number of oxime groups is 1. The van der Waals surface area contributed by atoms with E-state index in [4.69, 9.17) is 4.84 Å². The molecule has 0 heterocycles. The molecule has 1 fully saturated rings. The molecule has 1 aromatic rings. The average Bonchev–Trinajstić information content (AvgIpc) is 2.46. The maximum atomic E-state index is 11.9. The molecule has 4 nitrogen and oxygen atoms in total. The SMILES string of the molecule is CN(C)CC1CCCC/C1=N\OC(=O)c1ccccc1. The molecule has 1 aromatic carbocycles. The van der Waals surface area contributed by atoms with Crippen molar-refractivity contribution in [2.45, 2.75) is 25.7 Å². The van der Waals surface area contributed by atoms with Gasteiger partial charge in [0.15, 0.2) is 0 Å². The Hall–Kier alpha value is -1.68. The normalized spacial score (nSPS) is 21.1. The first-order chi connectivity index (χ1) is 9.66. The minimum atomic E-state index is -0.382. The van der Waals surface area contributed by atoms with Gasteiger partial charge in [-0.05, 0) is 45.5 Å². The summed E-state index contributed by atoms with van der Waals surface area (Å²) in [6, 6.07) is 8.98. The fourth-order valence-corrected chi connectivity index (χ4v) is 2.55. The van der Waals surface area contributed by atoms with Crippen molar-refractivity contribution in [3.63, 3.8) is 0 Å². The molecule has 108 valence electrons. The second-order valence-corrected chi connectivity index (χ2v) is 5.53. The number of carbonyl (C=O) groups is 1. The molecule has 20 heavy (non-hydrogen) atoms. The molecule has 1 saturated carbocycles. The molecule has 0 amide bonds. The van der Waals surface area contributed by atoms with E-state index in [2.05, 4.69) is 24.2 Å². The van der Waals surface area contributed by atoms with Gasteiger partial charge in [-0.15, -0.1) is 0 Å². The molecule has 0 spiro atoms. The lowest BCUT2D eigenvalue weighted by Gasteiger charge is -2.25. The highest BCUT2D eigenvalue weighted by atomic mass is 16.7. The minimum Gasteiger partial charge on any atom is -0.313 e. The standard InChI is InChI=1S/C16H22N2O2/c1-18(2)12-14-10-6-7-11-15(14)17-20-16(19)13-8-4-3-5-9-13/h3-5,8-9,14H,6-7,10-12H2,1-2H3/b17-15+. The maximum absolute atomic E-state index is 11.9. The van der Waals surface area contributed by atoms with E-state index in [0.717, 1.165) is 31.5 Å². The van der Waals surface area contributed by atoms with Gasteiger partial charge in [0.2, 0.25) is 0 Å². The summed E-state index contributed by atoms with van der Waals surface area (Å²) in [7, 11) is 4.12. The smallest absolute Gasteiger partial charge is 0.313 e. The Labute approximate surface area is 120 Å². The molecule has 0 N–H and O–H groups in total. The highest BCUT2D eigenvalue weighted by molar-refractivity contribution is 5.91. The van der Waals surface area contributed by atoms with Gasteiger partial charge in [-0.2, -0.15) is 0 Å². The van der Waals surface area contributed by atoms with E-state index >= 15 is 0 Å². The highest BCUT2D eigenvalue weighted by Gasteiger charge is 2.22. The third-order valence-electron chi connectivity index (χ3n) is 3.55. The number of nitrogens with zero attached hydrogens (tertiary/aromatic N) is 2. The van der Waals surface area contributed by atoms with Crippen molar-refractivity contribution in [3.8, 4) is 0 Å². The van der Waals surface area contributed by atoms with Gasteiger partial charge in [-0.3, -0.25) is 0 Å². The number of carbonyl (C=O) groups excluding carboxylic acids is 1. The van der Waals surface area contributed by atoms with Crippen molar-refractivity contribution in [2.24, 2.45) is 11.1 Å². The molecule has 0 saturated heterocycles. The van der Waals surface area contributed by atoms with E-state index in [1.807, 2.05) is 18.2 Å². The van der Waals surface area contributed by atoms with E-state index in [1.165, 1.54) is 6.42 Å². The molecule has 0 aliphatic heterocycles. The Balaban J connectivity index is 1.99. The van der Waals surface area contributed by atoms with Crippen LogP contribution in [0.1, 0.15) is 36.0 Å². The molecule has 0 radical (unpaired) electrons. The summed E-state index contributed by atoms with van der Waals surface area (Å²) in [6.45, 7) is 0.960. The fourth-order valence-electron chi connectivity index (χ4n) is 2.55. The van der Waals surface area contributed by atoms with Gasteiger partial charge in [-0.25, -0.2) is 4.79 Å². The lowest BCUT2D eigenvalue weighted by atomic mass is 9.87. The first-order valence-corrected chi connectivity index (χ1v) is 7.14. The largest absolute Gasteiger partial charge is 0.365 e. The van der Waals surface area contributed by atoms with Gasteiger partial charge >= 0.3 is 5.97 Å². The van der Waals surface area contributed by atoms with Gasteiger partial charge in [0, 0.05) is 12.5 Å². The lowest BCUT2D eigenvalue weighted by molar-refractivity contribution is 0.0511. The number of hydrogen-bond donors (Lipinski definition) is 0. The molecule has 0 aromatic heterocycles. The molecule has 4 heteroatoms. The van der Waals surface area contributed by atoms with E-state index in [0.29, 0.717) is 11.5 Å². The summed E-state index contributed by atoms with van der Waals surface area (Å²) in [6.07, 6.45) is 4.41. The zero-order chi connectivity index (χ0) is 14.4. The van der Waals surface area contributed by atoms with Crippen LogP contribution in [0, 0.1) is 5.92 Å². The van der Waals surface area contributed by atoms with Crippen LogP contribution in [0.15, 0.2) is 35.5 Å². The van der Waals surface area contributed by atoms with E-state index in [-0.39, 0.29) is 5.97 Å². The van der Waals surface area contributed by atoms with Crippen molar-refractivity contribution in [1.29, 1.82) is 0 Å². The first kappa shape index (κ1) is 14.7. The number of hydrogen-bond acceptors (Lipinski definition) is 4. The summed E-state index contributed by atoms with van der Waals surface area (Å²) < 4.78 is 0. The predicted molar refractivity (Wildman–Crippen MR) is 79.8 cm³/mol. The summed E-state index contributed by atoms with van der Waals surface area (Å²) in [5, 5.41) is 4.13. The van der Waals surface area contributed by atoms with Gasteiger partial charge < -0.3 is 9.74 Å². The Kier molecular flexibility index (Phi) is 5.30. The van der Waals surface area contributed by atoms with E-state index in [9.17, 15) is 4.79 Å². The summed E-state index contributed by atoms with van der Waals surface area (Å²) in [5.74, 6) is 0.0228. The quantitative estimate of drug-likeness (QED) is 0.626. The number of benzene rings is 1. The van der Waals surface area contributed by atoms with Crippen molar-refractivity contribution in [2.75, 3.05) is 20.6 Å². The zero-order valence-electron chi connectivity index (χ0n) is 12.2. The predicted octanol–water partition coefficient (Wildman–Crippen LogP) is 2.95. The van der Waals surface area contributed by atoms with E-state index in [1.54, 1.807) is 12.1 Å². The minimum absolute atomic E-state index is 0.382. The molecule has 1 aliphatic carbocycles. The monoisotopic (exact) mass is 274 g/mol. The van der Waals surface area contributed by atoms with Crippen LogP contribution in [0.2, 0.25) is 0 Å². The van der Waals surface area contributed by atoms with Crippen molar-refractivity contribution in [3.05, 3.63) is 35.9 Å². The first-order valence-electron chi connectivity index (χ1n) is 7.14.